The molecule has 10 heteroatoms. The summed E-state index contributed by atoms with van der Waals surface area (Å²) in [6, 6.07) is 8.41. The number of carbonyl (C=O) groups is 1. The van der Waals surface area contributed by atoms with E-state index in [0.29, 0.717) is 19.0 Å². The van der Waals surface area contributed by atoms with Gasteiger partial charge in [-0.2, -0.15) is 13.2 Å². The fraction of sp³-hybridized carbons (Fsp3) is 0.350. The van der Waals surface area contributed by atoms with Crippen molar-refractivity contribution >= 4 is 40.4 Å². The predicted molar refractivity (Wildman–Crippen MR) is 108 cm³/mol. The molecule has 2 aromatic heterocycles. The highest BCUT2D eigenvalue weighted by Crippen LogP contribution is 2.34. The van der Waals surface area contributed by atoms with Crippen molar-refractivity contribution < 1.29 is 22.4 Å². The van der Waals surface area contributed by atoms with Crippen LogP contribution in [0.1, 0.15) is 30.2 Å². The Bertz CT molecular complexity index is 1030. The Balaban J connectivity index is 1.31. The monoisotopic (exact) mass is 455 g/mol. The van der Waals surface area contributed by atoms with Crippen molar-refractivity contribution in [3.63, 3.8) is 0 Å². The summed E-state index contributed by atoms with van der Waals surface area (Å²) in [6.07, 6.45) is -2.30. The number of halogens is 4. The summed E-state index contributed by atoms with van der Waals surface area (Å²) in [5, 5.41) is 0.0941. The summed E-state index contributed by atoms with van der Waals surface area (Å²) in [6.45, 7) is 1.13. The maximum absolute atomic E-state index is 12.7. The van der Waals surface area contributed by atoms with Crippen molar-refractivity contribution in [2.24, 2.45) is 0 Å². The van der Waals surface area contributed by atoms with Crippen LogP contribution in [-0.4, -0.2) is 39.6 Å². The molecule has 1 aliphatic heterocycles. The van der Waals surface area contributed by atoms with Crippen LogP contribution in [0, 0.1) is 0 Å². The number of amides is 1. The summed E-state index contributed by atoms with van der Waals surface area (Å²) in [5.74, 6) is 0.804. The number of pyridine rings is 1. The molecule has 0 saturated carbocycles. The number of alkyl halides is 3. The van der Waals surface area contributed by atoms with Gasteiger partial charge in [0.25, 0.3) is 0 Å². The third-order valence-corrected chi connectivity index (χ3v) is 6.36. The minimum atomic E-state index is -4.51. The molecule has 0 aliphatic carbocycles. The van der Waals surface area contributed by atoms with Gasteiger partial charge in [-0.15, -0.1) is 0 Å². The van der Waals surface area contributed by atoms with Crippen molar-refractivity contribution in [1.29, 1.82) is 0 Å². The van der Waals surface area contributed by atoms with Gasteiger partial charge in [0.2, 0.25) is 5.91 Å². The van der Waals surface area contributed by atoms with Gasteiger partial charge in [-0.05, 0) is 31.0 Å². The van der Waals surface area contributed by atoms with E-state index in [1.165, 1.54) is 0 Å². The molecule has 1 aromatic carbocycles. The lowest BCUT2D eigenvalue weighted by molar-refractivity contribution is -0.138. The number of hydrogen-bond donors (Lipinski definition) is 0. The minimum Gasteiger partial charge on any atom is -0.440 e. The van der Waals surface area contributed by atoms with E-state index in [0.717, 1.165) is 48.0 Å². The second-order valence-electron chi connectivity index (χ2n) is 6.97. The zero-order chi connectivity index (χ0) is 21.3. The molecule has 1 saturated heterocycles. The number of aromatic nitrogens is 2. The van der Waals surface area contributed by atoms with Crippen LogP contribution in [0.25, 0.3) is 11.1 Å². The lowest BCUT2D eigenvalue weighted by Crippen LogP contribution is -2.39. The van der Waals surface area contributed by atoms with E-state index in [1.54, 1.807) is 4.90 Å². The Kier molecular flexibility index (Phi) is 5.92. The zero-order valence-corrected chi connectivity index (χ0v) is 17.2. The molecular formula is C20H17ClF3N3O2S. The van der Waals surface area contributed by atoms with Crippen LogP contribution in [0.3, 0.4) is 0 Å². The van der Waals surface area contributed by atoms with E-state index >= 15 is 0 Å². The fourth-order valence-electron chi connectivity index (χ4n) is 3.35. The SMILES string of the molecule is O=C(CSc1ncc(C(F)(F)F)cc1Cl)N1CCC(c2nc3ccccc3o2)CC1. The van der Waals surface area contributed by atoms with E-state index in [1.807, 2.05) is 24.3 Å². The van der Waals surface area contributed by atoms with Gasteiger partial charge in [-0.3, -0.25) is 4.79 Å². The lowest BCUT2D eigenvalue weighted by Gasteiger charge is -2.30. The van der Waals surface area contributed by atoms with Crippen LogP contribution >= 0.6 is 23.4 Å². The molecule has 1 fully saturated rings. The normalized spacial score (nSPS) is 15.7. The number of fused-ring (bicyclic) bond motifs is 1. The maximum atomic E-state index is 12.7. The molecule has 0 radical (unpaired) electrons. The van der Waals surface area contributed by atoms with E-state index in [4.69, 9.17) is 16.0 Å². The molecule has 158 valence electrons. The first kappa shape index (κ1) is 21.0. The van der Waals surface area contributed by atoms with Crippen molar-refractivity contribution in [3.05, 3.63) is 53.0 Å². The maximum Gasteiger partial charge on any atom is 0.417 e. The van der Waals surface area contributed by atoms with Gasteiger partial charge in [-0.25, -0.2) is 9.97 Å². The van der Waals surface area contributed by atoms with Crippen molar-refractivity contribution in [2.45, 2.75) is 30.0 Å². The Morgan fingerprint density at radius 2 is 2.00 bits per heavy atom. The summed E-state index contributed by atoms with van der Waals surface area (Å²) in [7, 11) is 0. The first-order chi connectivity index (χ1) is 14.3. The number of rotatable bonds is 4. The number of benzene rings is 1. The van der Waals surface area contributed by atoms with Crippen LogP contribution in [0.4, 0.5) is 13.2 Å². The molecule has 30 heavy (non-hydrogen) atoms. The zero-order valence-electron chi connectivity index (χ0n) is 15.7. The average Bonchev–Trinajstić information content (AvgIpc) is 3.16. The molecule has 5 nitrogen and oxygen atoms in total. The lowest BCUT2D eigenvalue weighted by atomic mass is 9.97. The highest BCUT2D eigenvalue weighted by atomic mass is 35.5. The largest absolute Gasteiger partial charge is 0.440 e. The molecule has 3 aromatic rings. The quantitative estimate of drug-likeness (QED) is 0.493. The second-order valence-corrected chi connectivity index (χ2v) is 8.34. The van der Waals surface area contributed by atoms with Crippen LogP contribution < -0.4 is 0 Å². The van der Waals surface area contributed by atoms with Gasteiger partial charge in [0, 0.05) is 25.2 Å². The first-order valence-electron chi connectivity index (χ1n) is 9.30. The smallest absolute Gasteiger partial charge is 0.417 e. The highest BCUT2D eigenvalue weighted by Gasteiger charge is 2.32. The van der Waals surface area contributed by atoms with Gasteiger partial charge >= 0.3 is 6.18 Å². The molecular weight excluding hydrogens is 439 g/mol. The van der Waals surface area contributed by atoms with Gasteiger partial charge in [0.1, 0.15) is 10.5 Å². The number of thioether (sulfide) groups is 1. The van der Waals surface area contributed by atoms with Gasteiger partial charge in [0.15, 0.2) is 11.5 Å². The highest BCUT2D eigenvalue weighted by molar-refractivity contribution is 8.00. The Morgan fingerprint density at radius 3 is 2.67 bits per heavy atom. The standard InChI is InChI=1S/C20H17ClF3N3O2S/c21-14-9-13(20(22,23)24)10-25-19(14)30-11-17(28)27-7-5-12(6-8-27)18-26-15-3-1-2-4-16(15)29-18/h1-4,9-10,12H,5-8,11H2. The van der Waals surface area contributed by atoms with Crippen molar-refractivity contribution in [3.8, 4) is 0 Å². The predicted octanol–water partition coefficient (Wildman–Crippen LogP) is 5.39. The third-order valence-electron chi connectivity index (χ3n) is 4.97. The van der Waals surface area contributed by atoms with Crippen LogP contribution in [0.2, 0.25) is 5.02 Å². The number of piperidine rings is 1. The van der Waals surface area contributed by atoms with Crippen molar-refractivity contribution in [2.75, 3.05) is 18.8 Å². The van der Waals surface area contributed by atoms with Crippen LogP contribution in [-0.2, 0) is 11.0 Å². The minimum absolute atomic E-state index is 0.0611. The number of hydrogen-bond acceptors (Lipinski definition) is 5. The van der Waals surface area contributed by atoms with E-state index < -0.39 is 11.7 Å². The summed E-state index contributed by atoms with van der Waals surface area (Å²) >= 11 is 6.94. The van der Waals surface area contributed by atoms with E-state index in [-0.39, 0.29) is 27.6 Å². The Morgan fingerprint density at radius 1 is 1.27 bits per heavy atom. The number of carbonyl (C=O) groups excluding carboxylic acids is 1. The molecule has 1 amide bonds. The second kappa shape index (κ2) is 8.47. The van der Waals surface area contributed by atoms with Crippen molar-refractivity contribution in [1.82, 2.24) is 14.9 Å². The molecule has 1 aliphatic rings. The molecule has 4 rings (SSSR count). The molecule has 0 bridgehead atoms. The summed E-state index contributed by atoms with van der Waals surface area (Å²) in [5.41, 5.74) is 0.663. The van der Waals surface area contributed by atoms with E-state index in [9.17, 15) is 18.0 Å². The third kappa shape index (κ3) is 4.57. The molecule has 0 atom stereocenters. The molecule has 3 heterocycles. The van der Waals surface area contributed by atoms with Crippen LogP contribution in [0.15, 0.2) is 46.0 Å². The summed E-state index contributed by atoms with van der Waals surface area (Å²) in [4.78, 5) is 22.5. The number of para-hydroxylation sites is 2. The first-order valence-corrected chi connectivity index (χ1v) is 10.7. The van der Waals surface area contributed by atoms with Gasteiger partial charge in [-0.1, -0.05) is 35.5 Å². The molecule has 0 N–H and O–H groups in total. The van der Waals surface area contributed by atoms with Crippen LogP contribution in [0.5, 0.6) is 0 Å². The fourth-order valence-corrected chi connectivity index (χ4v) is 4.45. The van der Waals surface area contributed by atoms with Gasteiger partial charge < -0.3 is 9.32 Å². The Labute approximate surface area is 179 Å². The number of nitrogens with zero attached hydrogens (tertiary/aromatic N) is 3. The molecule has 0 spiro atoms. The Hall–Kier alpha value is -2.26. The number of oxazole rings is 1. The molecule has 0 unspecified atom stereocenters. The summed E-state index contributed by atoms with van der Waals surface area (Å²) < 4.78 is 43.9. The average molecular weight is 456 g/mol. The van der Waals surface area contributed by atoms with E-state index in [2.05, 4.69) is 9.97 Å². The van der Waals surface area contributed by atoms with Gasteiger partial charge in [0.05, 0.1) is 16.3 Å². The topological polar surface area (TPSA) is 59.2 Å². The number of likely N-dealkylation sites (tertiary alicyclic amines) is 1.